The van der Waals surface area contributed by atoms with Gasteiger partial charge in [-0.1, -0.05) is 12.8 Å². The van der Waals surface area contributed by atoms with Crippen LogP contribution in [0.1, 0.15) is 45.4 Å². The van der Waals surface area contributed by atoms with Gasteiger partial charge in [-0.2, -0.15) is 0 Å². The second-order valence-corrected chi connectivity index (χ2v) is 5.95. The minimum absolute atomic E-state index is 0.0203. The molecule has 1 atom stereocenters. The summed E-state index contributed by atoms with van der Waals surface area (Å²) in [4.78, 5) is 14.3. The van der Waals surface area contributed by atoms with Crippen molar-refractivity contribution in [3.63, 3.8) is 0 Å². The zero-order chi connectivity index (χ0) is 13.7. The lowest BCUT2D eigenvalue weighted by atomic mass is 10.0. The molecule has 1 saturated carbocycles. The van der Waals surface area contributed by atoms with Crippen LogP contribution in [0.5, 0.6) is 0 Å². The van der Waals surface area contributed by atoms with Gasteiger partial charge >= 0.3 is 6.03 Å². The number of nitrogens with one attached hydrogen (secondary N) is 2. The molecule has 2 aliphatic rings. The minimum atomic E-state index is -0.182. The van der Waals surface area contributed by atoms with Crippen molar-refractivity contribution in [2.24, 2.45) is 0 Å². The fraction of sp³-hybridized carbons (Fsp3) is 0.929. The molecule has 0 aromatic carbocycles. The summed E-state index contributed by atoms with van der Waals surface area (Å²) in [6.45, 7) is 3.98. The number of aliphatic hydroxyl groups excluding tert-OH is 1. The van der Waals surface area contributed by atoms with E-state index in [0.29, 0.717) is 0 Å². The van der Waals surface area contributed by atoms with Gasteiger partial charge in [-0.15, -0.1) is 0 Å². The predicted octanol–water partition coefficient (Wildman–Crippen LogP) is 1.07. The van der Waals surface area contributed by atoms with Crippen LogP contribution in [0.25, 0.3) is 0 Å². The molecule has 1 aliphatic heterocycles. The average Bonchev–Trinajstić information content (AvgIpc) is 2.93. The number of hydrogen-bond acceptors (Lipinski definition) is 3. The van der Waals surface area contributed by atoms with Crippen LogP contribution in [-0.4, -0.2) is 53.9 Å². The first kappa shape index (κ1) is 14.6. The first-order valence-corrected chi connectivity index (χ1v) is 7.61. The van der Waals surface area contributed by atoms with E-state index in [1.807, 2.05) is 0 Å². The molecular formula is C14H27N3O2. The summed E-state index contributed by atoms with van der Waals surface area (Å²) in [6.07, 6.45) is 7.54. The molecule has 1 unspecified atom stereocenters. The third-order valence-electron chi connectivity index (χ3n) is 4.36. The van der Waals surface area contributed by atoms with Gasteiger partial charge in [0.05, 0.1) is 12.6 Å². The summed E-state index contributed by atoms with van der Waals surface area (Å²) in [5, 5.41) is 14.6. The van der Waals surface area contributed by atoms with Crippen LogP contribution in [0.3, 0.4) is 0 Å². The Labute approximate surface area is 115 Å². The van der Waals surface area contributed by atoms with E-state index in [1.54, 1.807) is 6.92 Å². The summed E-state index contributed by atoms with van der Waals surface area (Å²) < 4.78 is 0. The Balaban J connectivity index is 1.66. The summed E-state index contributed by atoms with van der Waals surface area (Å²) in [6, 6.07) is 0.743. The average molecular weight is 269 g/mol. The molecule has 1 aliphatic carbocycles. The normalized spacial score (nSPS) is 24.3. The van der Waals surface area contributed by atoms with Gasteiger partial charge in [0.1, 0.15) is 0 Å². The monoisotopic (exact) mass is 269 g/mol. The van der Waals surface area contributed by atoms with Crippen molar-refractivity contribution < 1.29 is 9.90 Å². The predicted molar refractivity (Wildman–Crippen MR) is 75.1 cm³/mol. The Hall–Kier alpha value is -0.810. The number of nitrogens with zero attached hydrogens (tertiary/aromatic N) is 1. The standard InChI is InChI=1S/C14H27N3O2/c1-11(10-18)15-14(19)16-12-6-8-17(9-7-12)13-4-2-3-5-13/h11-13,18H,2-10H2,1H3,(H2,15,16,19). The van der Waals surface area contributed by atoms with Crippen molar-refractivity contribution in [2.45, 2.75) is 63.6 Å². The van der Waals surface area contributed by atoms with Crippen molar-refractivity contribution >= 4 is 6.03 Å². The van der Waals surface area contributed by atoms with Crippen molar-refractivity contribution in [3.8, 4) is 0 Å². The molecule has 0 spiro atoms. The van der Waals surface area contributed by atoms with E-state index >= 15 is 0 Å². The van der Waals surface area contributed by atoms with E-state index in [2.05, 4.69) is 15.5 Å². The Morgan fingerprint density at radius 3 is 2.47 bits per heavy atom. The molecule has 0 bridgehead atoms. The Morgan fingerprint density at radius 2 is 1.89 bits per heavy atom. The first-order valence-electron chi connectivity index (χ1n) is 7.61. The highest BCUT2D eigenvalue weighted by Gasteiger charge is 2.27. The maximum Gasteiger partial charge on any atom is 0.315 e. The zero-order valence-corrected chi connectivity index (χ0v) is 11.9. The van der Waals surface area contributed by atoms with Gasteiger partial charge in [0, 0.05) is 25.2 Å². The highest BCUT2D eigenvalue weighted by molar-refractivity contribution is 5.74. The molecule has 2 amide bonds. The topological polar surface area (TPSA) is 64.6 Å². The molecule has 5 nitrogen and oxygen atoms in total. The number of aliphatic hydroxyl groups is 1. The van der Waals surface area contributed by atoms with E-state index in [0.717, 1.165) is 32.0 Å². The van der Waals surface area contributed by atoms with Gasteiger partial charge in [-0.25, -0.2) is 4.79 Å². The van der Waals surface area contributed by atoms with Crippen molar-refractivity contribution in [1.82, 2.24) is 15.5 Å². The molecule has 19 heavy (non-hydrogen) atoms. The van der Waals surface area contributed by atoms with Gasteiger partial charge < -0.3 is 20.6 Å². The second-order valence-electron chi connectivity index (χ2n) is 5.95. The fourth-order valence-corrected chi connectivity index (χ4v) is 3.17. The molecule has 0 aromatic heterocycles. The summed E-state index contributed by atoms with van der Waals surface area (Å²) >= 11 is 0. The van der Waals surface area contributed by atoms with E-state index in [4.69, 9.17) is 5.11 Å². The Kier molecular flexibility index (Phi) is 5.45. The number of amides is 2. The van der Waals surface area contributed by atoms with Gasteiger partial charge in [0.15, 0.2) is 0 Å². The molecule has 2 rings (SSSR count). The van der Waals surface area contributed by atoms with Crippen LogP contribution in [0, 0.1) is 0 Å². The molecule has 110 valence electrons. The van der Waals surface area contributed by atoms with E-state index in [9.17, 15) is 4.79 Å². The highest BCUT2D eigenvalue weighted by atomic mass is 16.3. The number of urea groups is 1. The van der Waals surface area contributed by atoms with Gasteiger partial charge in [-0.05, 0) is 32.6 Å². The second kappa shape index (κ2) is 7.10. The van der Waals surface area contributed by atoms with Crippen LogP contribution < -0.4 is 10.6 Å². The molecule has 3 N–H and O–H groups in total. The van der Waals surface area contributed by atoms with E-state index in [1.165, 1.54) is 25.7 Å². The quantitative estimate of drug-likeness (QED) is 0.715. The van der Waals surface area contributed by atoms with Gasteiger partial charge in [0.25, 0.3) is 0 Å². The lowest BCUT2D eigenvalue weighted by molar-refractivity contribution is 0.145. The minimum Gasteiger partial charge on any atom is -0.394 e. The zero-order valence-electron chi connectivity index (χ0n) is 11.9. The number of piperidine rings is 1. The number of rotatable bonds is 4. The third-order valence-corrected chi connectivity index (χ3v) is 4.36. The van der Waals surface area contributed by atoms with Crippen LogP contribution >= 0.6 is 0 Å². The molecular weight excluding hydrogens is 242 g/mol. The van der Waals surface area contributed by atoms with Crippen molar-refractivity contribution in [2.75, 3.05) is 19.7 Å². The van der Waals surface area contributed by atoms with E-state index in [-0.39, 0.29) is 24.7 Å². The largest absolute Gasteiger partial charge is 0.394 e. The van der Waals surface area contributed by atoms with Gasteiger partial charge in [-0.3, -0.25) is 0 Å². The smallest absolute Gasteiger partial charge is 0.315 e. The highest BCUT2D eigenvalue weighted by Crippen LogP contribution is 2.26. The summed E-state index contributed by atoms with van der Waals surface area (Å²) in [5.41, 5.74) is 0. The number of hydrogen-bond donors (Lipinski definition) is 3. The van der Waals surface area contributed by atoms with Crippen molar-refractivity contribution in [1.29, 1.82) is 0 Å². The summed E-state index contributed by atoms with van der Waals surface area (Å²) in [5.74, 6) is 0. The molecule has 0 aromatic rings. The lowest BCUT2D eigenvalue weighted by Crippen LogP contribution is -2.51. The van der Waals surface area contributed by atoms with Crippen LogP contribution in [-0.2, 0) is 0 Å². The van der Waals surface area contributed by atoms with Crippen LogP contribution in [0.4, 0.5) is 4.79 Å². The molecule has 5 heteroatoms. The molecule has 1 saturated heterocycles. The summed E-state index contributed by atoms with van der Waals surface area (Å²) in [7, 11) is 0. The lowest BCUT2D eigenvalue weighted by Gasteiger charge is -2.36. The van der Waals surface area contributed by atoms with Crippen molar-refractivity contribution in [3.05, 3.63) is 0 Å². The Morgan fingerprint density at radius 1 is 1.26 bits per heavy atom. The molecule has 2 fully saturated rings. The third kappa shape index (κ3) is 4.35. The number of carbonyl (C=O) groups is 1. The maximum atomic E-state index is 11.7. The van der Waals surface area contributed by atoms with Gasteiger partial charge in [0.2, 0.25) is 0 Å². The molecule has 1 heterocycles. The fourth-order valence-electron chi connectivity index (χ4n) is 3.17. The van der Waals surface area contributed by atoms with Crippen LogP contribution in [0.15, 0.2) is 0 Å². The SMILES string of the molecule is CC(CO)NC(=O)NC1CCN(C2CCCC2)CC1. The Bertz CT molecular complexity index is 284. The number of carbonyl (C=O) groups excluding carboxylic acids is 1. The number of likely N-dealkylation sites (tertiary alicyclic amines) is 1. The molecule has 0 radical (unpaired) electrons. The van der Waals surface area contributed by atoms with Crippen LogP contribution in [0.2, 0.25) is 0 Å². The van der Waals surface area contributed by atoms with E-state index < -0.39 is 0 Å². The maximum absolute atomic E-state index is 11.7. The first-order chi connectivity index (χ1) is 9.19.